The Balaban J connectivity index is 0.00000287. The van der Waals surface area contributed by atoms with Gasteiger partial charge in [-0.25, -0.2) is 8.78 Å². The molecule has 0 aliphatic carbocycles. The maximum absolute atomic E-state index is 14.1. The minimum absolute atomic E-state index is 0.0543. The lowest BCUT2D eigenvalue weighted by molar-refractivity contribution is -0.128. The van der Waals surface area contributed by atoms with E-state index in [-0.39, 0.29) is 11.5 Å². The van der Waals surface area contributed by atoms with Crippen molar-refractivity contribution in [1.82, 2.24) is 15.1 Å². The van der Waals surface area contributed by atoms with E-state index < -0.39 is 6.43 Å². The zero-order valence-corrected chi connectivity index (χ0v) is 25.5. The molecule has 0 radical (unpaired) electrons. The molecule has 1 fully saturated rings. The van der Waals surface area contributed by atoms with E-state index in [0.717, 1.165) is 75.2 Å². The summed E-state index contributed by atoms with van der Waals surface area (Å²) < 4.78 is 28.2. The zero-order chi connectivity index (χ0) is 30.4. The molecule has 41 heavy (non-hydrogen) atoms. The van der Waals surface area contributed by atoms with Gasteiger partial charge in [-0.2, -0.15) is 0 Å². The molecule has 230 valence electrons. The van der Waals surface area contributed by atoms with Gasteiger partial charge in [-0.05, 0) is 68.5 Å². The molecule has 0 saturated carbocycles. The van der Waals surface area contributed by atoms with Crippen molar-refractivity contribution in [3.63, 3.8) is 0 Å². The van der Waals surface area contributed by atoms with Gasteiger partial charge in [0.1, 0.15) is 0 Å². The number of benzene rings is 1. The SMILES string of the molecule is C=C(CCN(CN1CCCc2cc(/C(C=NC)=C/N)c(C(F)F)cc21)C(C)=O)NC1CCN(CCCN)CC1.CC. The largest absolute Gasteiger partial charge is 0.404 e. The Morgan fingerprint density at radius 3 is 2.56 bits per heavy atom. The van der Waals surface area contributed by atoms with Gasteiger partial charge in [0, 0.05) is 87.5 Å². The smallest absolute Gasteiger partial charge is 0.264 e. The highest BCUT2D eigenvalue weighted by atomic mass is 19.3. The van der Waals surface area contributed by atoms with E-state index in [1.807, 2.05) is 18.7 Å². The molecule has 3 rings (SSSR count). The summed E-state index contributed by atoms with van der Waals surface area (Å²) in [6.45, 7) is 15.2. The summed E-state index contributed by atoms with van der Waals surface area (Å²) in [5, 5.41) is 3.55. The van der Waals surface area contributed by atoms with Gasteiger partial charge in [-0.15, -0.1) is 0 Å². The number of hydrogen-bond donors (Lipinski definition) is 3. The summed E-state index contributed by atoms with van der Waals surface area (Å²) in [6, 6.07) is 3.74. The number of aliphatic imine (C=N–C) groups is 1. The maximum Gasteiger partial charge on any atom is 0.264 e. The molecular formula is C31H51F2N7O. The monoisotopic (exact) mass is 575 g/mol. The van der Waals surface area contributed by atoms with Crippen LogP contribution in [0.2, 0.25) is 0 Å². The van der Waals surface area contributed by atoms with Gasteiger partial charge >= 0.3 is 0 Å². The molecule has 10 heteroatoms. The fourth-order valence-electron chi connectivity index (χ4n) is 5.42. The van der Waals surface area contributed by atoms with Crippen molar-refractivity contribution >= 4 is 23.4 Å². The Kier molecular flexibility index (Phi) is 14.8. The summed E-state index contributed by atoms with van der Waals surface area (Å²) in [5.74, 6) is -0.0543. The fraction of sp³-hybridized carbons (Fsp3) is 0.613. The number of amides is 1. The van der Waals surface area contributed by atoms with E-state index >= 15 is 0 Å². The Bertz CT molecular complexity index is 1040. The third-order valence-corrected chi connectivity index (χ3v) is 7.60. The molecule has 2 aliphatic rings. The first kappa shape index (κ1) is 34.2. The van der Waals surface area contributed by atoms with Crippen LogP contribution >= 0.6 is 0 Å². The van der Waals surface area contributed by atoms with Crippen LogP contribution in [0.1, 0.15) is 76.0 Å². The number of aryl methyl sites for hydroxylation is 1. The number of nitrogens with zero attached hydrogens (tertiary/aromatic N) is 4. The number of hydrogen-bond acceptors (Lipinski definition) is 7. The summed E-state index contributed by atoms with van der Waals surface area (Å²) >= 11 is 0. The molecular weight excluding hydrogens is 524 g/mol. The molecule has 0 bridgehead atoms. The lowest BCUT2D eigenvalue weighted by atomic mass is 9.92. The molecule has 5 N–H and O–H groups in total. The highest BCUT2D eigenvalue weighted by Gasteiger charge is 2.26. The van der Waals surface area contributed by atoms with E-state index in [0.29, 0.717) is 43.4 Å². The topological polar surface area (TPSA) is 103 Å². The Morgan fingerprint density at radius 2 is 1.98 bits per heavy atom. The van der Waals surface area contributed by atoms with Crippen molar-refractivity contribution in [3.05, 3.63) is 47.3 Å². The number of fused-ring (bicyclic) bond motifs is 1. The number of alkyl halides is 2. The van der Waals surface area contributed by atoms with Crippen molar-refractivity contribution in [3.8, 4) is 0 Å². The number of rotatable bonds is 13. The van der Waals surface area contributed by atoms with Gasteiger partial charge in [-0.1, -0.05) is 20.4 Å². The summed E-state index contributed by atoms with van der Waals surface area (Å²) in [5.41, 5.74) is 14.8. The molecule has 0 atom stereocenters. The molecule has 0 aromatic heterocycles. The van der Waals surface area contributed by atoms with Gasteiger partial charge in [0.15, 0.2) is 0 Å². The number of allylic oxidation sites excluding steroid dienone is 1. The first-order chi connectivity index (χ1) is 19.8. The van der Waals surface area contributed by atoms with Crippen molar-refractivity contribution in [2.24, 2.45) is 16.5 Å². The molecule has 0 unspecified atom stereocenters. The van der Waals surface area contributed by atoms with E-state index in [9.17, 15) is 13.6 Å². The maximum atomic E-state index is 14.1. The van der Waals surface area contributed by atoms with Crippen LogP contribution in [-0.4, -0.2) is 80.9 Å². The third-order valence-electron chi connectivity index (χ3n) is 7.60. The second-order valence-corrected chi connectivity index (χ2v) is 10.4. The molecule has 1 amide bonds. The number of piperidine rings is 1. The first-order valence-electron chi connectivity index (χ1n) is 14.9. The predicted octanol–water partition coefficient (Wildman–Crippen LogP) is 4.52. The van der Waals surface area contributed by atoms with Crippen LogP contribution in [0.15, 0.2) is 35.6 Å². The van der Waals surface area contributed by atoms with Crippen LogP contribution < -0.4 is 21.7 Å². The van der Waals surface area contributed by atoms with Gasteiger partial charge in [-0.3, -0.25) is 9.79 Å². The van der Waals surface area contributed by atoms with E-state index in [2.05, 4.69) is 21.8 Å². The molecule has 2 aliphatic heterocycles. The molecule has 2 heterocycles. The number of nitrogens with one attached hydrogen (secondary N) is 1. The highest BCUT2D eigenvalue weighted by Crippen LogP contribution is 2.36. The summed E-state index contributed by atoms with van der Waals surface area (Å²) in [6.07, 6.45) is 5.56. The van der Waals surface area contributed by atoms with Crippen molar-refractivity contribution in [2.75, 3.05) is 57.9 Å². The summed E-state index contributed by atoms with van der Waals surface area (Å²) in [4.78, 5) is 22.8. The van der Waals surface area contributed by atoms with E-state index in [4.69, 9.17) is 11.5 Å². The second-order valence-electron chi connectivity index (χ2n) is 10.4. The van der Waals surface area contributed by atoms with Crippen LogP contribution in [-0.2, 0) is 11.2 Å². The fourth-order valence-corrected chi connectivity index (χ4v) is 5.42. The molecule has 1 saturated heterocycles. The zero-order valence-electron chi connectivity index (χ0n) is 25.5. The number of carbonyl (C=O) groups is 1. The third kappa shape index (κ3) is 10.1. The molecule has 1 aromatic carbocycles. The van der Waals surface area contributed by atoms with E-state index in [1.54, 1.807) is 31.0 Å². The van der Waals surface area contributed by atoms with Crippen molar-refractivity contribution in [1.29, 1.82) is 0 Å². The average Bonchev–Trinajstić information content (AvgIpc) is 2.97. The van der Waals surface area contributed by atoms with Crippen LogP contribution in [0, 0.1) is 0 Å². The molecule has 1 aromatic rings. The predicted molar refractivity (Wildman–Crippen MR) is 167 cm³/mol. The normalized spacial score (nSPS) is 16.4. The van der Waals surface area contributed by atoms with Gasteiger partial charge in [0.25, 0.3) is 6.43 Å². The molecule has 8 nitrogen and oxygen atoms in total. The quantitative estimate of drug-likeness (QED) is 0.299. The van der Waals surface area contributed by atoms with Crippen molar-refractivity contribution < 1.29 is 13.6 Å². The minimum Gasteiger partial charge on any atom is -0.404 e. The van der Waals surface area contributed by atoms with Crippen LogP contribution in [0.5, 0.6) is 0 Å². The number of halogens is 2. The van der Waals surface area contributed by atoms with Crippen LogP contribution in [0.25, 0.3) is 5.57 Å². The lowest BCUT2D eigenvalue weighted by Crippen LogP contribution is -2.44. The van der Waals surface area contributed by atoms with Gasteiger partial charge in [0.2, 0.25) is 5.91 Å². The number of anilines is 1. The van der Waals surface area contributed by atoms with Crippen LogP contribution in [0.3, 0.4) is 0 Å². The number of nitrogens with two attached hydrogens (primary N) is 2. The number of likely N-dealkylation sites (tertiary alicyclic amines) is 1. The minimum atomic E-state index is -2.67. The standard InChI is InChI=1S/C29H45F2N7O.C2H6/c1-21(35-25-8-13-36(14-9-25)11-5-10-32)7-15-37(22(2)39)20-38-12-4-6-23-16-26(24(18-33)19-34-3)27(29(30)31)17-28(23)38;1-2/h16-19,25,29,35H,1,4-15,20,32-33H2,2-3H3;1-2H3/b24-18+,34-19?;. The summed E-state index contributed by atoms with van der Waals surface area (Å²) in [7, 11) is 1.58. The Hall–Kier alpha value is -2.98. The first-order valence-corrected chi connectivity index (χ1v) is 14.9. The van der Waals surface area contributed by atoms with Crippen molar-refractivity contribution in [2.45, 2.75) is 71.8 Å². The highest BCUT2D eigenvalue weighted by molar-refractivity contribution is 6.10. The second kappa shape index (κ2) is 17.7. The average molecular weight is 576 g/mol. The Labute approximate surface area is 245 Å². The Morgan fingerprint density at radius 1 is 1.27 bits per heavy atom. The van der Waals surface area contributed by atoms with Gasteiger partial charge in [0.05, 0.1) is 6.67 Å². The molecule has 0 spiro atoms. The lowest BCUT2D eigenvalue weighted by Gasteiger charge is -2.37. The van der Waals surface area contributed by atoms with E-state index in [1.165, 1.54) is 12.4 Å². The number of carbonyl (C=O) groups excluding carboxylic acids is 1. The van der Waals surface area contributed by atoms with Gasteiger partial charge < -0.3 is 31.5 Å². The van der Waals surface area contributed by atoms with Crippen LogP contribution in [0.4, 0.5) is 14.5 Å².